The highest BCUT2D eigenvalue weighted by molar-refractivity contribution is 5.78. The first kappa shape index (κ1) is 11.2. The molecule has 0 aromatic carbocycles. The second kappa shape index (κ2) is 5.79. The molecular formula is C9H13N3O3. The van der Waals surface area contributed by atoms with Gasteiger partial charge < -0.3 is 9.94 Å². The average Bonchev–Trinajstić information content (AvgIpc) is 2.61. The van der Waals surface area contributed by atoms with Crippen molar-refractivity contribution in [1.29, 1.82) is 0 Å². The molecule has 6 nitrogen and oxygen atoms in total. The van der Waals surface area contributed by atoms with Gasteiger partial charge in [-0.1, -0.05) is 12.1 Å². The molecule has 6 heteroatoms. The monoisotopic (exact) mass is 211 g/mol. The first-order chi connectivity index (χ1) is 7.22. The van der Waals surface area contributed by atoms with Crippen molar-refractivity contribution in [2.75, 3.05) is 6.61 Å². The number of carboxylic acids is 1. The van der Waals surface area contributed by atoms with Gasteiger partial charge in [0.05, 0.1) is 12.4 Å². The number of hydrogen-bond donors (Lipinski definition) is 1. The van der Waals surface area contributed by atoms with Gasteiger partial charge in [-0.05, 0) is 6.42 Å². The van der Waals surface area contributed by atoms with Gasteiger partial charge in [0.25, 0.3) is 0 Å². The van der Waals surface area contributed by atoms with Crippen LogP contribution in [0.2, 0.25) is 0 Å². The Hall–Kier alpha value is -1.85. The van der Waals surface area contributed by atoms with Gasteiger partial charge in [-0.25, -0.2) is 4.79 Å². The molecule has 0 aliphatic heterocycles. The number of oxime groups is 1. The molecule has 0 aliphatic carbocycles. The second-order valence-corrected chi connectivity index (χ2v) is 2.94. The number of aromatic nitrogens is 2. The Balaban J connectivity index is 2.39. The normalized spacial score (nSPS) is 10.7. The van der Waals surface area contributed by atoms with Crippen molar-refractivity contribution >= 4 is 12.2 Å². The zero-order chi connectivity index (χ0) is 11.1. The number of nitrogens with zero attached hydrogens (tertiary/aromatic N) is 3. The number of carbonyl (C=O) groups is 1. The molecule has 0 radical (unpaired) electrons. The fourth-order valence-electron chi connectivity index (χ4n) is 0.988. The highest BCUT2D eigenvalue weighted by Crippen LogP contribution is 1.95. The van der Waals surface area contributed by atoms with E-state index >= 15 is 0 Å². The minimum Gasteiger partial charge on any atom is -0.479 e. The number of hydrogen-bond acceptors (Lipinski definition) is 4. The smallest absolute Gasteiger partial charge is 0.344 e. The van der Waals surface area contributed by atoms with Crippen LogP contribution in [-0.2, 0) is 16.2 Å². The van der Waals surface area contributed by atoms with Crippen LogP contribution in [0, 0.1) is 0 Å². The summed E-state index contributed by atoms with van der Waals surface area (Å²) in [6.07, 6.45) is 5.90. The van der Waals surface area contributed by atoms with Crippen molar-refractivity contribution in [3.63, 3.8) is 0 Å². The lowest BCUT2D eigenvalue weighted by Gasteiger charge is -1.94. The maximum Gasteiger partial charge on any atom is 0.344 e. The first-order valence-electron chi connectivity index (χ1n) is 4.62. The van der Waals surface area contributed by atoms with Gasteiger partial charge in [0.15, 0.2) is 0 Å². The van der Waals surface area contributed by atoms with Gasteiger partial charge in [-0.3, -0.25) is 4.68 Å². The Labute approximate surface area is 87.1 Å². The molecule has 1 rings (SSSR count). The maximum absolute atomic E-state index is 10.1. The molecule has 0 aliphatic rings. The Kier molecular flexibility index (Phi) is 4.33. The fraction of sp³-hybridized carbons (Fsp3) is 0.444. The van der Waals surface area contributed by atoms with E-state index in [1.807, 2.05) is 6.20 Å². The topological polar surface area (TPSA) is 76.7 Å². The van der Waals surface area contributed by atoms with Gasteiger partial charge in [0.2, 0.25) is 6.61 Å². The van der Waals surface area contributed by atoms with Gasteiger partial charge >= 0.3 is 5.97 Å². The number of aliphatic carboxylic acids is 1. The second-order valence-electron chi connectivity index (χ2n) is 2.94. The summed E-state index contributed by atoms with van der Waals surface area (Å²) >= 11 is 0. The molecular weight excluding hydrogens is 198 g/mol. The summed E-state index contributed by atoms with van der Waals surface area (Å²) < 4.78 is 1.79. The van der Waals surface area contributed by atoms with E-state index in [0.29, 0.717) is 0 Å². The zero-order valence-corrected chi connectivity index (χ0v) is 8.46. The van der Waals surface area contributed by atoms with Crippen molar-refractivity contribution in [1.82, 2.24) is 9.78 Å². The molecule has 1 aromatic heterocycles. The number of carboxylic acid groups (broad SMARTS) is 1. The van der Waals surface area contributed by atoms with Crippen molar-refractivity contribution in [3.8, 4) is 0 Å². The van der Waals surface area contributed by atoms with Crippen LogP contribution in [0.5, 0.6) is 0 Å². The summed E-state index contributed by atoms with van der Waals surface area (Å²) in [5.41, 5.74) is 0.786. The summed E-state index contributed by atoms with van der Waals surface area (Å²) in [5, 5.41) is 15.8. The SMILES string of the molecule is CCCn1cc(/C=N/OCC(=O)O)cn1. The van der Waals surface area contributed by atoms with E-state index in [1.165, 1.54) is 6.21 Å². The average molecular weight is 211 g/mol. The molecule has 1 aromatic rings. The lowest BCUT2D eigenvalue weighted by atomic mass is 10.4. The summed E-state index contributed by atoms with van der Waals surface area (Å²) in [6.45, 7) is 2.48. The molecule has 0 amide bonds. The fourth-order valence-corrected chi connectivity index (χ4v) is 0.988. The van der Waals surface area contributed by atoms with Crippen LogP contribution in [0.1, 0.15) is 18.9 Å². The first-order valence-corrected chi connectivity index (χ1v) is 4.62. The molecule has 15 heavy (non-hydrogen) atoms. The van der Waals surface area contributed by atoms with Gasteiger partial charge in [-0.15, -0.1) is 0 Å². The van der Waals surface area contributed by atoms with Gasteiger partial charge in [0, 0.05) is 18.3 Å². The van der Waals surface area contributed by atoms with Crippen LogP contribution in [-0.4, -0.2) is 33.7 Å². The summed E-state index contributed by atoms with van der Waals surface area (Å²) in [4.78, 5) is 14.6. The standard InChI is InChI=1S/C9H13N3O3/c1-2-3-12-6-8(4-10-12)5-11-15-7-9(13)14/h4-6H,2-3,7H2,1H3,(H,13,14)/b11-5+. The third kappa shape index (κ3) is 4.26. The lowest BCUT2D eigenvalue weighted by Crippen LogP contribution is -2.03. The van der Waals surface area contributed by atoms with Crippen molar-refractivity contribution in [2.45, 2.75) is 19.9 Å². The Morgan fingerprint density at radius 1 is 1.80 bits per heavy atom. The predicted molar refractivity (Wildman–Crippen MR) is 53.7 cm³/mol. The molecule has 0 atom stereocenters. The number of aryl methyl sites for hydroxylation is 1. The van der Waals surface area contributed by atoms with Crippen LogP contribution < -0.4 is 0 Å². The molecule has 0 saturated heterocycles. The molecule has 0 spiro atoms. The van der Waals surface area contributed by atoms with E-state index < -0.39 is 12.6 Å². The minimum atomic E-state index is -1.05. The molecule has 1 N–H and O–H groups in total. The van der Waals surface area contributed by atoms with Gasteiger partial charge in [-0.2, -0.15) is 5.10 Å². The maximum atomic E-state index is 10.1. The van der Waals surface area contributed by atoms with E-state index in [2.05, 4.69) is 22.0 Å². The Morgan fingerprint density at radius 3 is 3.27 bits per heavy atom. The molecule has 0 fully saturated rings. The van der Waals surface area contributed by atoms with E-state index in [1.54, 1.807) is 10.9 Å². The predicted octanol–water partition coefficient (Wildman–Crippen LogP) is 0.728. The Morgan fingerprint density at radius 2 is 2.60 bits per heavy atom. The Bertz CT molecular complexity index is 346. The lowest BCUT2D eigenvalue weighted by molar-refractivity contribution is -0.142. The highest BCUT2D eigenvalue weighted by atomic mass is 16.6. The highest BCUT2D eigenvalue weighted by Gasteiger charge is 1.96. The molecule has 0 saturated carbocycles. The van der Waals surface area contributed by atoms with E-state index in [9.17, 15) is 4.79 Å². The van der Waals surface area contributed by atoms with E-state index in [-0.39, 0.29) is 0 Å². The quantitative estimate of drug-likeness (QED) is 0.555. The third-order valence-electron chi connectivity index (χ3n) is 1.57. The molecule has 1 heterocycles. The zero-order valence-electron chi connectivity index (χ0n) is 8.46. The summed E-state index contributed by atoms with van der Waals surface area (Å²) in [5.74, 6) is -1.05. The molecule has 0 bridgehead atoms. The largest absolute Gasteiger partial charge is 0.479 e. The third-order valence-corrected chi connectivity index (χ3v) is 1.57. The van der Waals surface area contributed by atoms with Crippen molar-refractivity contribution in [3.05, 3.63) is 18.0 Å². The van der Waals surface area contributed by atoms with E-state index in [0.717, 1.165) is 18.5 Å². The van der Waals surface area contributed by atoms with Crippen LogP contribution >= 0.6 is 0 Å². The summed E-state index contributed by atoms with van der Waals surface area (Å²) in [6, 6.07) is 0. The molecule has 0 unspecified atom stereocenters. The van der Waals surface area contributed by atoms with Crippen molar-refractivity contribution < 1.29 is 14.7 Å². The van der Waals surface area contributed by atoms with Crippen molar-refractivity contribution in [2.24, 2.45) is 5.16 Å². The van der Waals surface area contributed by atoms with Gasteiger partial charge in [0.1, 0.15) is 0 Å². The van der Waals surface area contributed by atoms with Crippen LogP contribution in [0.3, 0.4) is 0 Å². The van der Waals surface area contributed by atoms with E-state index in [4.69, 9.17) is 5.11 Å². The minimum absolute atomic E-state index is 0.431. The van der Waals surface area contributed by atoms with Crippen LogP contribution in [0.4, 0.5) is 0 Å². The summed E-state index contributed by atoms with van der Waals surface area (Å²) in [7, 11) is 0. The molecule has 82 valence electrons. The number of rotatable bonds is 6. The van der Waals surface area contributed by atoms with Crippen LogP contribution in [0.25, 0.3) is 0 Å². The van der Waals surface area contributed by atoms with Crippen LogP contribution in [0.15, 0.2) is 17.5 Å².